The Morgan fingerprint density at radius 1 is 1.24 bits per heavy atom. The van der Waals surface area contributed by atoms with Gasteiger partial charge in [0.05, 0.1) is 0 Å². The van der Waals surface area contributed by atoms with Crippen LogP contribution in [0.1, 0.15) is 48.7 Å². The van der Waals surface area contributed by atoms with Gasteiger partial charge in [0.2, 0.25) is 5.91 Å². The molecule has 0 spiro atoms. The summed E-state index contributed by atoms with van der Waals surface area (Å²) in [4.78, 5) is 23.7. The van der Waals surface area contributed by atoms with E-state index in [4.69, 9.17) is 5.21 Å². The number of benzene rings is 1. The van der Waals surface area contributed by atoms with Crippen molar-refractivity contribution in [3.8, 4) is 0 Å². The number of carbonyl (C=O) groups excluding carboxylic acids is 2. The van der Waals surface area contributed by atoms with Crippen molar-refractivity contribution in [3.05, 3.63) is 34.9 Å². The van der Waals surface area contributed by atoms with Crippen LogP contribution >= 0.6 is 0 Å². The van der Waals surface area contributed by atoms with Gasteiger partial charge in [0.25, 0.3) is 5.91 Å². The summed E-state index contributed by atoms with van der Waals surface area (Å²) in [5, 5.41) is 11.7. The predicted octanol–water partition coefficient (Wildman–Crippen LogP) is 1.83. The molecule has 2 rings (SSSR count). The molecule has 1 aromatic carbocycles. The van der Waals surface area contributed by atoms with E-state index in [0.29, 0.717) is 18.4 Å². The van der Waals surface area contributed by atoms with E-state index in [1.54, 1.807) is 5.48 Å². The van der Waals surface area contributed by atoms with Crippen molar-refractivity contribution in [1.82, 2.24) is 10.8 Å². The highest BCUT2D eigenvalue weighted by molar-refractivity contribution is 5.95. The summed E-state index contributed by atoms with van der Waals surface area (Å²) >= 11 is 0. The third-order valence-electron chi connectivity index (χ3n) is 3.67. The Hall–Kier alpha value is -1.88. The summed E-state index contributed by atoms with van der Waals surface area (Å²) in [6.07, 6.45) is 2.06. The minimum absolute atomic E-state index is 0.112. The normalized spacial score (nSPS) is 17.8. The zero-order chi connectivity index (χ0) is 15.6. The number of rotatable bonds is 2. The molecule has 3 N–H and O–H groups in total. The van der Waals surface area contributed by atoms with E-state index in [-0.39, 0.29) is 23.3 Å². The van der Waals surface area contributed by atoms with Crippen LogP contribution in [0.4, 0.5) is 0 Å². The molecule has 0 heterocycles. The fourth-order valence-corrected chi connectivity index (χ4v) is 2.63. The zero-order valence-electron chi connectivity index (χ0n) is 12.7. The molecule has 0 bridgehead atoms. The second kappa shape index (κ2) is 5.85. The van der Waals surface area contributed by atoms with E-state index in [1.807, 2.05) is 39.0 Å². The summed E-state index contributed by atoms with van der Waals surface area (Å²) in [7, 11) is 0. The third kappa shape index (κ3) is 3.82. The Morgan fingerprint density at radius 2 is 1.95 bits per heavy atom. The molecule has 21 heavy (non-hydrogen) atoms. The van der Waals surface area contributed by atoms with E-state index in [2.05, 4.69) is 5.32 Å². The number of aryl methyl sites for hydroxylation is 1. The molecule has 1 aliphatic rings. The van der Waals surface area contributed by atoms with Crippen LogP contribution in [0.25, 0.3) is 0 Å². The lowest BCUT2D eigenvalue weighted by Gasteiger charge is -2.24. The monoisotopic (exact) mass is 290 g/mol. The lowest BCUT2D eigenvalue weighted by Crippen LogP contribution is -2.40. The van der Waals surface area contributed by atoms with Gasteiger partial charge in [0.15, 0.2) is 0 Å². The van der Waals surface area contributed by atoms with Crippen molar-refractivity contribution in [2.45, 2.75) is 45.6 Å². The molecular formula is C16H22N2O3. The molecular weight excluding hydrogens is 268 g/mol. The van der Waals surface area contributed by atoms with Crippen LogP contribution in [-0.2, 0) is 17.6 Å². The molecule has 1 atom stereocenters. The highest BCUT2D eigenvalue weighted by Gasteiger charge is 2.25. The summed E-state index contributed by atoms with van der Waals surface area (Å²) < 4.78 is 0. The van der Waals surface area contributed by atoms with E-state index >= 15 is 0 Å². The summed E-state index contributed by atoms with van der Waals surface area (Å²) in [5.74, 6) is -0.701. The maximum atomic E-state index is 12.2. The van der Waals surface area contributed by atoms with Crippen molar-refractivity contribution < 1.29 is 14.8 Å². The average molecular weight is 290 g/mol. The Morgan fingerprint density at radius 3 is 2.57 bits per heavy atom. The Balaban J connectivity index is 2.19. The molecule has 5 nitrogen and oxygen atoms in total. The molecule has 0 aromatic heterocycles. The van der Waals surface area contributed by atoms with Gasteiger partial charge in [-0.2, -0.15) is 0 Å². The molecule has 0 aliphatic heterocycles. The fourth-order valence-electron chi connectivity index (χ4n) is 2.63. The van der Waals surface area contributed by atoms with Crippen LogP contribution in [0.15, 0.2) is 18.2 Å². The van der Waals surface area contributed by atoms with Gasteiger partial charge in [0, 0.05) is 17.0 Å². The molecule has 0 saturated heterocycles. The maximum Gasteiger partial charge on any atom is 0.251 e. The topological polar surface area (TPSA) is 78.4 Å². The first-order chi connectivity index (χ1) is 9.80. The minimum atomic E-state index is -0.356. The zero-order valence-corrected chi connectivity index (χ0v) is 12.7. The highest BCUT2D eigenvalue weighted by Crippen LogP contribution is 2.26. The molecule has 1 aliphatic carbocycles. The number of carbonyl (C=O) groups is 2. The molecule has 1 unspecified atom stereocenters. The average Bonchev–Trinajstić information content (AvgIpc) is 2.43. The van der Waals surface area contributed by atoms with Crippen molar-refractivity contribution in [3.63, 3.8) is 0 Å². The quantitative estimate of drug-likeness (QED) is 0.574. The van der Waals surface area contributed by atoms with Crippen LogP contribution in [-0.4, -0.2) is 22.6 Å². The van der Waals surface area contributed by atoms with Crippen molar-refractivity contribution in [2.24, 2.45) is 5.92 Å². The summed E-state index contributed by atoms with van der Waals surface area (Å²) in [6.45, 7) is 5.81. The van der Waals surface area contributed by atoms with Crippen LogP contribution in [0.3, 0.4) is 0 Å². The van der Waals surface area contributed by atoms with Gasteiger partial charge in [-0.05, 0) is 63.3 Å². The Bertz CT molecular complexity index is 561. The molecule has 0 fully saturated rings. The van der Waals surface area contributed by atoms with Gasteiger partial charge >= 0.3 is 0 Å². The Labute approximate surface area is 124 Å². The largest absolute Gasteiger partial charge is 0.347 e. The van der Waals surface area contributed by atoms with Gasteiger partial charge < -0.3 is 5.32 Å². The number of hydrogen-bond acceptors (Lipinski definition) is 3. The van der Waals surface area contributed by atoms with Crippen molar-refractivity contribution in [2.75, 3.05) is 0 Å². The van der Waals surface area contributed by atoms with Crippen molar-refractivity contribution in [1.29, 1.82) is 0 Å². The van der Waals surface area contributed by atoms with Crippen LogP contribution < -0.4 is 10.8 Å². The lowest BCUT2D eigenvalue weighted by molar-refractivity contribution is -0.133. The molecule has 1 aromatic rings. The van der Waals surface area contributed by atoms with Gasteiger partial charge in [-0.3, -0.25) is 14.8 Å². The second-order valence-electron chi connectivity index (χ2n) is 6.60. The standard InChI is InChI=1S/C16H22N2O3/c1-16(2,3)17-14(19)11-6-4-10-5-7-12(15(20)18-21)9-13(10)8-11/h4,6,8,12,21H,5,7,9H2,1-3H3,(H,17,19)(H,18,20). The molecule has 2 amide bonds. The maximum absolute atomic E-state index is 12.2. The molecule has 114 valence electrons. The van der Waals surface area contributed by atoms with Crippen LogP contribution in [0.2, 0.25) is 0 Å². The third-order valence-corrected chi connectivity index (χ3v) is 3.67. The summed E-state index contributed by atoms with van der Waals surface area (Å²) in [6, 6.07) is 5.64. The van der Waals surface area contributed by atoms with Crippen LogP contribution in [0.5, 0.6) is 0 Å². The number of hydroxylamine groups is 1. The number of amides is 2. The van der Waals surface area contributed by atoms with Gasteiger partial charge in [-0.25, -0.2) is 5.48 Å². The fraction of sp³-hybridized carbons (Fsp3) is 0.500. The highest BCUT2D eigenvalue weighted by atomic mass is 16.5. The Kier molecular flexibility index (Phi) is 4.32. The molecule has 0 saturated carbocycles. The first-order valence-corrected chi connectivity index (χ1v) is 7.18. The van der Waals surface area contributed by atoms with E-state index in [1.165, 1.54) is 5.56 Å². The predicted molar refractivity (Wildman–Crippen MR) is 79.1 cm³/mol. The SMILES string of the molecule is CC(C)(C)NC(=O)c1ccc2c(c1)CC(C(=O)NO)CC2. The number of hydrogen-bond donors (Lipinski definition) is 3. The molecule has 0 radical (unpaired) electrons. The first kappa shape index (κ1) is 15.5. The first-order valence-electron chi connectivity index (χ1n) is 7.18. The van der Waals surface area contributed by atoms with E-state index in [0.717, 1.165) is 12.0 Å². The van der Waals surface area contributed by atoms with E-state index in [9.17, 15) is 9.59 Å². The van der Waals surface area contributed by atoms with Crippen molar-refractivity contribution >= 4 is 11.8 Å². The summed E-state index contributed by atoms with van der Waals surface area (Å²) in [5.41, 5.74) is 4.22. The van der Waals surface area contributed by atoms with Gasteiger partial charge in [-0.1, -0.05) is 6.07 Å². The van der Waals surface area contributed by atoms with E-state index < -0.39 is 0 Å². The number of nitrogens with one attached hydrogen (secondary N) is 2. The lowest BCUT2D eigenvalue weighted by atomic mass is 9.82. The van der Waals surface area contributed by atoms with Gasteiger partial charge in [-0.15, -0.1) is 0 Å². The minimum Gasteiger partial charge on any atom is -0.347 e. The van der Waals surface area contributed by atoms with Crippen LogP contribution in [0, 0.1) is 5.92 Å². The smallest absolute Gasteiger partial charge is 0.251 e. The van der Waals surface area contributed by atoms with Gasteiger partial charge in [0.1, 0.15) is 0 Å². The number of fused-ring (bicyclic) bond motifs is 1. The molecule has 5 heteroatoms. The second-order valence-corrected chi connectivity index (χ2v) is 6.60.